The van der Waals surface area contributed by atoms with Crippen LogP contribution in [0.2, 0.25) is 0 Å². The Morgan fingerprint density at radius 3 is 2.62 bits per heavy atom. The Balaban J connectivity index is 1.08. The number of aliphatic hydroxyl groups excluding tert-OH is 2. The van der Waals surface area contributed by atoms with Gasteiger partial charge in [-0.05, 0) is 79.5 Å². The number of rotatable bonds is 5. The van der Waals surface area contributed by atoms with Gasteiger partial charge in [-0.1, -0.05) is 43.3 Å². The molecule has 3 N–H and O–H groups in total. The third-order valence-corrected chi connectivity index (χ3v) is 12.3. The minimum atomic E-state index is -2.29. The highest BCUT2D eigenvalue weighted by Crippen LogP contribution is 2.72. The molecule has 2 aromatic rings. The van der Waals surface area contributed by atoms with Gasteiger partial charge in [0.25, 0.3) is 0 Å². The van der Waals surface area contributed by atoms with Crippen LogP contribution in [0, 0.1) is 22.7 Å². The van der Waals surface area contributed by atoms with Gasteiger partial charge in [-0.25, -0.2) is 8.78 Å². The lowest BCUT2D eigenvalue weighted by molar-refractivity contribution is -0.235. The molecule has 0 bridgehead atoms. The average Bonchev–Trinajstić information content (AvgIpc) is 3.56. The van der Waals surface area contributed by atoms with E-state index in [-0.39, 0.29) is 24.8 Å². The summed E-state index contributed by atoms with van der Waals surface area (Å²) in [5.41, 5.74) is -2.81. The van der Waals surface area contributed by atoms with Crippen LogP contribution in [0.3, 0.4) is 0 Å². The summed E-state index contributed by atoms with van der Waals surface area (Å²) in [6.45, 7) is 3.90. The zero-order chi connectivity index (χ0) is 32.9. The van der Waals surface area contributed by atoms with E-state index in [0.717, 1.165) is 35.2 Å². The highest BCUT2D eigenvalue weighted by atomic mass is 19.1. The fourth-order valence-corrected chi connectivity index (χ4v) is 10.0. The van der Waals surface area contributed by atoms with Crippen LogP contribution in [-0.2, 0) is 25.5 Å². The van der Waals surface area contributed by atoms with Crippen molar-refractivity contribution in [1.82, 2.24) is 0 Å². The van der Waals surface area contributed by atoms with Crippen LogP contribution in [0.25, 0.3) is 0 Å². The number of allylic oxidation sites excluding steroid dienone is 4. The molecule has 0 spiro atoms. The number of ether oxygens (including phenoxy) is 3. The van der Waals surface area contributed by atoms with Gasteiger partial charge in [0.2, 0.25) is 0 Å². The number of Topliss-reactive ketones (excluding diaryl/α,β-unsaturated/α-hetero) is 1. The number of fused-ring (bicyclic) bond motifs is 8. The minimum Gasteiger partial charge on any atom is -0.490 e. The van der Waals surface area contributed by atoms with Crippen molar-refractivity contribution in [3.05, 3.63) is 83.0 Å². The number of ketones is 2. The van der Waals surface area contributed by atoms with Gasteiger partial charge in [0.15, 0.2) is 29.1 Å². The van der Waals surface area contributed by atoms with Crippen molar-refractivity contribution in [1.29, 1.82) is 0 Å². The van der Waals surface area contributed by atoms with Gasteiger partial charge in [0, 0.05) is 28.9 Å². The molecule has 0 radical (unpaired) electrons. The van der Waals surface area contributed by atoms with Crippen LogP contribution in [0.15, 0.2) is 66.3 Å². The topological polar surface area (TPSA) is 114 Å². The predicted octanol–water partition coefficient (Wildman–Crippen LogP) is 4.72. The molecule has 3 saturated carbocycles. The van der Waals surface area contributed by atoms with E-state index in [4.69, 9.17) is 14.2 Å². The second-order valence-electron chi connectivity index (χ2n) is 14.5. The van der Waals surface area contributed by atoms with E-state index in [0.29, 0.717) is 18.6 Å². The predicted molar refractivity (Wildman–Crippen MR) is 167 cm³/mol. The summed E-state index contributed by atoms with van der Waals surface area (Å²) in [6, 6.07) is 13.8. The first-order chi connectivity index (χ1) is 22.4. The molecule has 0 amide bonds. The van der Waals surface area contributed by atoms with E-state index in [9.17, 15) is 19.8 Å². The molecule has 2 heterocycles. The zero-order valence-corrected chi connectivity index (χ0v) is 26.4. The number of hydrogen-bond donors (Lipinski definition) is 3. The van der Waals surface area contributed by atoms with Crippen LogP contribution in [-0.4, -0.2) is 71.2 Å². The third kappa shape index (κ3) is 4.11. The number of hydrogen-bond acceptors (Lipinski definition) is 8. The SMILES string of the molecule is C[C@]12C=CC(=O)C=C1[C@@H](F)C[C@H]1[C@@H]3C[C@H]4O[C@@H](c5ccc(Cc6ccc7c(c6)OCCN7)cc5)O[C@@]4(C(=O)CO)[C@@]3(C)C[C@H](O)[C@@]12F. The normalized spacial score (nSPS) is 41.4. The molecule has 2 aliphatic heterocycles. The summed E-state index contributed by atoms with van der Waals surface area (Å²) in [5.74, 6) is -1.77. The van der Waals surface area contributed by atoms with Gasteiger partial charge < -0.3 is 29.7 Å². The smallest absolute Gasteiger partial charge is 0.193 e. The summed E-state index contributed by atoms with van der Waals surface area (Å²) in [5, 5.41) is 25.2. The number of carbonyl (C=O) groups is 2. The Hall–Kier alpha value is -3.44. The molecule has 4 aliphatic carbocycles. The molecule has 2 aromatic carbocycles. The lowest BCUT2D eigenvalue weighted by Gasteiger charge is -2.63. The first-order valence-electron chi connectivity index (χ1n) is 16.5. The van der Waals surface area contributed by atoms with Crippen molar-refractivity contribution in [2.45, 2.75) is 75.5 Å². The van der Waals surface area contributed by atoms with Crippen molar-refractivity contribution in [2.24, 2.45) is 22.7 Å². The summed E-state index contributed by atoms with van der Waals surface area (Å²) in [6.07, 6.45) is -0.715. The first kappa shape index (κ1) is 30.9. The molecule has 1 saturated heterocycles. The fraction of sp³-hybridized carbons (Fsp3) is 0.514. The molecule has 8 nitrogen and oxygen atoms in total. The molecule has 10 atom stereocenters. The largest absolute Gasteiger partial charge is 0.490 e. The summed E-state index contributed by atoms with van der Waals surface area (Å²) in [7, 11) is 0. The molecule has 4 fully saturated rings. The Morgan fingerprint density at radius 2 is 1.85 bits per heavy atom. The van der Waals surface area contributed by atoms with Crippen molar-refractivity contribution < 1.29 is 42.8 Å². The highest BCUT2D eigenvalue weighted by molar-refractivity contribution is 6.01. The van der Waals surface area contributed by atoms with E-state index in [1.54, 1.807) is 13.8 Å². The maximum atomic E-state index is 17.6. The Labute approximate surface area is 271 Å². The van der Waals surface area contributed by atoms with E-state index in [1.165, 1.54) is 12.2 Å². The maximum absolute atomic E-state index is 17.6. The Morgan fingerprint density at radius 1 is 1.09 bits per heavy atom. The van der Waals surface area contributed by atoms with E-state index in [1.807, 2.05) is 36.4 Å². The molecule has 47 heavy (non-hydrogen) atoms. The van der Waals surface area contributed by atoms with Gasteiger partial charge in [-0.2, -0.15) is 0 Å². The molecule has 248 valence electrons. The van der Waals surface area contributed by atoms with Gasteiger partial charge >= 0.3 is 0 Å². The summed E-state index contributed by atoms with van der Waals surface area (Å²) < 4.78 is 52.3. The second-order valence-corrected chi connectivity index (χ2v) is 14.5. The molecule has 0 unspecified atom stereocenters. The van der Waals surface area contributed by atoms with Crippen molar-refractivity contribution >= 4 is 17.3 Å². The number of anilines is 1. The van der Waals surface area contributed by atoms with Crippen LogP contribution >= 0.6 is 0 Å². The van der Waals surface area contributed by atoms with Gasteiger partial charge in [0.05, 0.1) is 17.9 Å². The van der Waals surface area contributed by atoms with Crippen LogP contribution < -0.4 is 10.1 Å². The van der Waals surface area contributed by atoms with Gasteiger partial charge in [0.1, 0.15) is 25.1 Å². The minimum absolute atomic E-state index is 0.0405. The molecule has 8 rings (SSSR count). The first-order valence-corrected chi connectivity index (χ1v) is 16.5. The number of benzene rings is 2. The van der Waals surface area contributed by atoms with E-state index < -0.39 is 76.8 Å². The Kier molecular flexibility index (Phi) is 6.91. The monoisotopic (exact) mass is 647 g/mol. The average molecular weight is 648 g/mol. The number of aliphatic hydroxyl groups is 2. The standard InChI is InChI=1S/C37H39F2NO7/c1-34-10-9-23(42)15-26(34)27(38)16-25-24-17-32-37(31(44)19-41,35(24,2)18-30(43)36(25,34)39)47-33(46-32)22-6-3-20(4-7-22)13-21-5-8-28-29(14-21)45-12-11-40-28/h3-10,14-15,24-25,27,30,32-33,40-41,43H,11-13,16-19H2,1-2H3/t24-,25-,27-,30-,32+,33+,34-,35-,36-,37+/m0/s1. The molecule has 0 aromatic heterocycles. The number of carbonyl (C=O) groups excluding carboxylic acids is 2. The van der Waals surface area contributed by atoms with Crippen molar-refractivity contribution in [3.8, 4) is 5.75 Å². The van der Waals surface area contributed by atoms with E-state index in [2.05, 4.69) is 11.4 Å². The zero-order valence-electron chi connectivity index (χ0n) is 26.4. The Bertz CT molecular complexity index is 1710. The van der Waals surface area contributed by atoms with Crippen molar-refractivity contribution in [2.75, 3.05) is 25.1 Å². The number of nitrogens with one attached hydrogen (secondary N) is 1. The van der Waals surface area contributed by atoms with Crippen molar-refractivity contribution in [3.63, 3.8) is 0 Å². The lowest BCUT2D eigenvalue weighted by atomic mass is 9.44. The quantitative estimate of drug-likeness (QED) is 0.427. The molecular formula is C37H39F2NO7. The maximum Gasteiger partial charge on any atom is 0.193 e. The fourth-order valence-electron chi connectivity index (χ4n) is 10.0. The third-order valence-electron chi connectivity index (χ3n) is 12.3. The van der Waals surface area contributed by atoms with Crippen LogP contribution in [0.1, 0.15) is 56.1 Å². The summed E-state index contributed by atoms with van der Waals surface area (Å²) in [4.78, 5) is 25.9. The van der Waals surface area contributed by atoms with Gasteiger partial charge in [-0.3, -0.25) is 9.59 Å². The molecule has 6 aliphatic rings. The number of alkyl halides is 2. The highest BCUT2D eigenvalue weighted by Gasteiger charge is 2.80. The second kappa shape index (κ2) is 10.5. The van der Waals surface area contributed by atoms with Crippen LogP contribution in [0.4, 0.5) is 14.5 Å². The number of halogens is 2. The molecule has 10 heteroatoms. The lowest BCUT2D eigenvalue weighted by Crippen LogP contribution is -2.70. The van der Waals surface area contributed by atoms with E-state index >= 15 is 8.78 Å². The summed E-state index contributed by atoms with van der Waals surface area (Å²) >= 11 is 0. The van der Waals surface area contributed by atoms with Crippen LogP contribution in [0.5, 0.6) is 5.75 Å². The van der Waals surface area contributed by atoms with Gasteiger partial charge in [-0.15, -0.1) is 0 Å². The molecular weight excluding hydrogens is 608 g/mol.